The van der Waals surface area contributed by atoms with Gasteiger partial charge < -0.3 is 15.2 Å². The van der Waals surface area contributed by atoms with E-state index in [0.717, 1.165) is 49.7 Å². The molecule has 0 aliphatic carbocycles. The molecule has 0 spiro atoms. The number of fused-ring (bicyclic) bond motifs is 2. The Bertz CT molecular complexity index is 1470. The summed E-state index contributed by atoms with van der Waals surface area (Å²) in [6, 6.07) is 19.3. The molecule has 0 atom stereocenters. The summed E-state index contributed by atoms with van der Waals surface area (Å²) >= 11 is 1.65. The van der Waals surface area contributed by atoms with Crippen LogP contribution in [-0.4, -0.2) is 29.0 Å². The molecule has 3 aromatic heterocycles. The molecule has 0 saturated carbocycles. The first-order valence-electron chi connectivity index (χ1n) is 10.4. The number of aryl methyl sites for hydroxylation is 1. The van der Waals surface area contributed by atoms with Gasteiger partial charge in [-0.3, -0.25) is 0 Å². The maximum Gasteiger partial charge on any atom is 0.126 e. The van der Waals surface area contributed by atoms with E-state index < -0.39 is 0 Å². The number of hydrogen-bond acceptors (Lipinski definition) is 5. The SMILES string of the molecule is Cc1c(Nc2c(C#N)cnc3sc(-c4ccc(CN(C)C)cc4)cc23)ccc2[nH]ccc12. The van der Waals surface area contributed by atoms with Gasteiger partial charge in [0.25, 0.3) is 0 Å². The third-order valence-electron chi connectivity index (χ3n) is 5.68. The van der Waals surface area contributed by atoms with Crippen molar-refractivity contribution in [2.75, 3.05) is 19.4 Å². The van der Waals surface area contributed by atoms with E-state index in [0.29, 0.717) is 5.56 Å². The number of pyridine rings is 1. The van der Waals surface area contributed by atoms with Crippen molar-refractivity contribution < 1.29 is 0 Å². The molecule has 5 rings (SSSR count). The van der Waals surface area contributed by atoms with Gasteiger partial charge in [-0.1, -0.05) is 24.3 Å². The number of anilines is 2. The smallest absolute Gasteiger partial charge is 0.126 e. The number of rotatable bonds is 5. The minimum atomic E-state index is 0.539. The van der Waals surface area contributed by atoms with E-state index in [-0.39, 0.29) is 0 Å². The van der Waals surface area contributed by atoms with Crippen LogP contribution in [0.5, 0.6) is 0 Å². The minimum Gasteiger partial charge on any atom is -0.361 e. The fraction of sp³-hybridized carbons (Fsp3) is 0.154. The van der Waals surface area contributed by atoms with Gasteiger partial charge in [-0.15, -0.1) is 11.3 Å². The third-order valence-corrected chi connectivity index (χ3v) is 6.78. The number of benzene rings is 2. The molecule has 2 N–H and O–H groups in total. The molecule has 0 bridgehead atoms. The second-order valence-electron chi connectivity index (χ2n) is 8.22. The molecule has 0 fully saturated rings. The number of H-pyrrole nitrogens is 1. The topological polar surface area (TPSA) is 67.7 Å². The molecule has 32 heavy (non-hydrogen) atoms. The Balaban J connectivity index is 1.57. The molecule has 0 aliphatic heterocycles. The summed E-state index contributed by atoms with van der Waals surface area (Å²) < 4.78 is 0. The van der Waals surface area contributed by atoms with Crippen molar-refractivity contribution in [3.05, 3.63) is 77.6 Å². The van der Waals surface area contributed by atoms with Gasteiger partial charge in [0.05, 0.1) is 11.3 Å². The Labute approximate surface area is 191 Å². The lowest BCUT2D eigenvalue weighted by atomic mass is 10.1. The first-order chi connectivity index (χ1) is 15.5. The number of aromatic nitrogens is 2. The highest BCUT2D eigenvalue weighted by atomic mass is 32.1. The monoisotopic (exact) mass is 437 g/mol. The fourth-order valence-electron chi connectivity index (χ4n) is 4.04. The van der Waals surface area contributed by atoms with E-state index in [4.69, 9.17) is 0 Å². The molecule has 6 heteroatoms. The maximum absolute atomic E-state index is 9.75. The normalized spacial score (nSPS) is 11.3. The molecular formula is C26H23N5S. The number of nitrogens with zero attached hydrogens (tertiary/aromatic N) is 3. The van der Waals surface area contributed by atoms with Crippen LogP contribution in [0.2, 0.25) is 0 Å². The van der Waals surface area contributed by atoms with Crippen molar-refractivity contribution in [1.29, 1.82) is 5.26 Å². The first-order valence-corrected chi connectivity index (χ1v) is 11.3. The Hall–Kier alpha value is -3.66. The van der Waals surface area contributed by atoms with Crippen LogP contribution in [0.1, 0.15) is 16.7 Å². The zero-order chi connectivity index (χ0) is 22.2. The number of aromatic amines is 1. The molecule has 0 radical (unpaired) electrons. The Kier molecular flexibility index (Phi) is 5.14. The van der Waals surface area contributed by atoms with Gasteiger partial charge >= 0.3 is 0 Å². The molecule has 0 aliphatic rings. The molecule has 158 valence electrons. The Morgan fingerprint density at radius 3 is 2.66 bits per heavy atom. The van der Waals surface area contributed by atoms with Gasteiger partial charge in [0.1, 0.15) is 10.9 Å². The van der Waals surface area contributed by atoms with Crippen LogP contribution in [0, 0.1) is 18.3 Å². The van der Waals surface area contributed by atoms with E-state index in [9.17, 15) is 5.26 Å². The molecule has 0 amide bonds. The van der Waals surface area contributed by atoms with E-state index in [1.807, 2.05) is 6.20 Å². The van der Waals surface area contributed by atoms with E-state index in [1.165, 1.54) is 10.9 Å². The van der Waals surface area contributed by atoms with Crippen LogP contribution >= 0.6 is 11.3 Å². The summed E-state index contributed by atoms with van der Waals surface area (Å²) in [6.07, 6.45) is 3.61. The lowest BCUT2D eigenvalue weighted by molar-refractivity contribution is 0.402. The summed E-state index contributed by atoms with van der Waals surface area (Å²) in [6.45, 7) is 3.01. The second-order valence-corrected chi connectivity index (χ2v) is 9.26. The summed E-state index contributed by atoms with van der Waals surface area (Å²) in [5, 5.41) is 15.4. The Morgan fingerprint density at radius 2 is 1.91 bits per heavy atom. The van der Waals surface area contributed by atoms with Crippen molar-refractivity contribution in [1.82, 2.24) is 14.9 Å². The predicted octanol–water partition coefficient (Wildman–Crippen LogP) is 6.43. The lowest BCUT2D eigenvalue weighted by Crippen LogP contribution is -2.10. The summed E-state index contributed by atoms with van der Waals surface area (Å²) in [5.74, 6) is 0. The first kappa shape index (κ1) is 20.3. The minimum absolute atomic E-state index is 0.539. The van der Waals surface area contributed by atoms with E-state index >= 15 is 0 Å². The van der Waals surface area contributed by atoms with Crippen LogP contribution in [0.25, 0.3) is 31.6 Å². The number of hydrogen-bond donors (Lipinski definition) is 2. The molecular weight excluding hydrogens is 414 g/mol. The van der Waals surface area contributed by atoms with Gasteiger partial charge in [0.15, 0.2) is 0 Å². The van der Waals surface area contributed by atoms with E-state index in [1.54, 1.807) is 17.5 Å². The maximum atomic E-state index is 9.75. The quantitative estimate of drug-likeness (QED) is 0.332. The van der Waals surface area contributed by atoms with Crippen molar-refractivity contribution >= 4 is 43.8 Å². The predicted molar refractivity (Wildman–Crippen MR) is 133 cm³/mol. The van der Waals surface area contributed by atoms with Gasteiger partial charge in [0.2, 0.25) is 0 Å². The van der Waals surface area contributed by atoms with Crippen LogP contribution in [0.15, 0.2) is 60.9 Å². The highest BCUT2D eigenvalue weighted by molar-refractivity contribution is 7.21. The Morgan fingerprint density at radius 1 is 1.09 bits per heavy atom. The van der Waals surface area contributed by atoms with E-state index in [2.05, 4.69) is 95.8 Å². The molecule has 5 nitrogen and oxygen atoms in total. The molecule has 5 aromatic rings. The van der Waals surface area contributed by atoms with Crippen LogP contribution < -0.4 is 5.32 Å². The van der Waals surface area contributed by atoms with Crippen molar-refractivity contribution in [2.24, 2.45) is 0 Å². The molecule has 2 aromatic carbocycles. The number of nitrogens with one attached hydrogen (secondary N) is 2. The standard InChI is InChI=1S/C26H23N5S/c1-16-20-10-11-28-23(20)9-8-22(16)30-25-19(13-27)14-29-26-21(25)12-24(32-26)18-6-4-17(5-7-18)15-31(2)3/h4-12,14,28H,15H2,1-3H3,(H,29,30). The highest BCUT2D eigenvalue weighted by Gasteiger charge is 2.15. The number of nitriles is 1. The number of thiophene rings is 1. The summed E-state index contributed by atoms with van der Waals surface area (Å²) in [5.41, 5.74) is 7.02. The van der Waals surface area contributed by atoms with Gasteiger partial charge in [-0.25, -0.2) is 4.98 Å². The molecule has 0 saturated heterocycles. The summed E-state index contributed by atoms with van der Waals surface area (Å²) in [7, 11) is 4.14. The highest BCUT2D eigenvalue weighted by Crippen LogP contribution is 2.39. The molecule has 0 unspecified atom stereocenters. The van der Waals surface area contributed by atoms with Gasteiger partial charge in [0, 0.05) is 45.8 Å². The van der Waals surface area contributed by atoms with Crippen LogP contribution in [0.4, 0.5) is 11.4 Å². The van der Waals surface area contributed by atoms with Crippen molar-refractivity contribution in [3.63, 3.8) is 0 Å². The average molecular weight is 438 g/mol. The van der Waals surface area contributed by atoms with Gasteiger partial charge in [-0.2, -0.15) is 5.26 Å². The zero-order valence-electron chi connectivity index (χ0n) is 18.2. The largest absolute Gasteiger partial charge is 0.361 e. The van der Waals surface area contributed by atoms with Crippen LogP contribution in [-0.2, 0) is 6.54 Å². The zero-order valence-corrected chi connectivity index (χ0v) is 19.0. The second kappa shape index (κ2) is 8.12. The fourth-order valence-corrected chi connectivity index (χ4v) is 5.06. The van der Waals surface area contributed by atoms with Crippen LogP contribution in [0.3, 0.4) is 0 Å². The average Bonchev–Trinajstić information content (AvgIpc) is 3.43. The van der Waals surface area contributed by atoms with Crippen molar-refractivity contribution in [2.45, 2.75) is 13.5 Å². The van der Waals surface area contributed by atoms with Crippen molar-refractivity contribution in [3.8, 4) is 16.5 Å². The lowest BCUT2D eigenvalue weighted by Gasteiger charge is -2.12. The summed E-state index contributed by atoms with van der Waals surface area (Å²) in [4.78, 5) is 12.0. The van der Waals surface area contributed by atoms with Gasteiger partial charge in [-0.05, 0) is 62.0 Å². The molecule has 3 heterocycles. The third kappa shape index (κ3) is 3.62.